The molecule has 1 aromatic heterocycles. The Morgan fingerprint density at radius 1 is 1.14 bits per heavy atom. The number of amides is 2. The van der Waals surface area contributed by atoms with Gasteiger partial charge in [0.2, 0.25) is 0 Å². The Kier molecular flexibility index (Phi) is 6.17. The van der Waals surface area contributed by atoms with Gasteiger partial charge in [-0.25, -0.2) is 14.0 Å². The molecule has 0 aliphatic carbocycles. The van der Waals surface area contributed by atoms with E-state index in [-0.39, 0.29) is 18.5 Å². The standard InChI is InChI=1S/C27H23ClFN3O3/c1-2-35-26(33)17-4-3-5-20(14-17)30-27(34)32-13-12-21-22-15-18(28)8-11-23(22)31-24(21)25(32)16-6-9-19(29)10-7-16/h3-11,14-15,25,31H,2,12-13H2,1H3,(H,30,34)/t25-/m0/s1. The molecular weight excluding hydrogens is 469 g/mol. The third-order valence-corrected chi connectivity index (χ3v) is 6.40. The molecule has 0 saturated heterocycles. The Morgan fingerprint density at radius 2 is 1.94 bits per heavy atom. The van der Waals surface area contributed by atoms with Crippen LogP contribution in [-0.4, -0.2) is 35.0 Å². The summed E-state index contributed by atoms with van der Waals surface area (Å²) in [5, 5.41) is 4.56. The van der Waals surface area contributed by atoms with Gasteiger partial charge in [0.15, 0.2) is 0 Å². The number of hydrogen-bond donors (Lipinski definition) is 2. The first-order chi connectivity index (χ1) is 16.9. The van der Waals surface area contributed by atoms with Crippen LogP contribution in [0.3, 0.4) is 0 Å². The zero-order valence-electron chi connectivity index (χ0n) is 19.0. The van der Waals surface area contributed by atoms with Gasteiger partial charge in [0.05, 0.1) is 18.2 Å². The predicted molar refractivity (Wildman–Crippen MR) is 133 cm³/mol. The van der Waals surface area contributed by atoms with Crippen molar-refractivity contribution in [3.05, 3.63) is 100.0 Å². The molecule has 0 saturated carbocycles. The first-order valence-electron chi connectivity index (χ1n) is 11.3. The Bertz CT molecular complexity index is 1420. The van der Waals surface area contributed by atoms with Gasteiger partial charge in [0, 0.05) is 33.9 Å². The molecule has 1 aliphatic rings. The highest BCUT2D eigenvalue weighted by molar-refractivity contribution is 6.31. The summed E-state index contributed by atoms with van der Waals surface area (Å²) in [4.78, 5) is 30.8. The van der Waals surface area contributed by atoms with E-state index in [4.69, 9.17) is 16.3 Å². The van der Waals surface area contributed by atoms with E-state index < -0.39 is 12.0 Å². The van der Waals surface area contributed by atoms with E-state index in [0.717, 1.165) is 27.7 Å². The SMILES string of the molecule is CCOC(=O)c1cccc(NC(=O)N2CCc3c([nH]c4ccc(Cl)cc34)[C@@H]2c2ccc(F)cc2)c1. The van der Waals surface area contributed by atoms with Crippen molar-refractivity contribution in [1.82, 2.24) is 9.88 Å². The summed E-state index contributed by atoms with van der Waals surface area (Å²) in [6.07, 6.45) is 0.629. The van der Waals surface area contributed by atoms with Gasteiger partial charge in [-0.1, -0.05) is 29.8 Å². The molecule has 4 aromatic rings. The van der Waals surface area contributed by atoms with Crippen LogP contribution >= 0.6 is 11.6 Å². The molecule has 1 aliphatic heterocycles. The first kappa shape index (κ1) is 22.9. The summed E-state index contributed by atoms with van der Waals surface area (Å²) in [6, 6.07) is 17.7. The van der Waals surface area contributed by atoms with Crippen molar-refractivity contribution in [2.24, 2.45) is 0 Å². The lowest BCUT2D eigenvalue weighted by molar-refractivity contribution is 0.0526. The summed E-state index contributed by atoms with van der Waals surface area (Å²) >= 11 is 6.25. The van der Waals surface area contributed by atoms with Gasteiger partial charge in [-0.2, -0.15) is 0 Å². The third-order valence-electron chi connectivity index (χ3n) is 6.16. The number of anilines is 1. The topological polar surface area (TPSA) is 74.4 Å². The van der Waals surface area contributed by atoms with Crippen molar-refractivity contribution in [2.45, 2.75) is 19.4 Å². The van der Waals surface area contributed by atoms with E-state index in [1.165, 1.54) is 12.1 Å². The lowest BCUT2D eigenvalue weighted by atomic mass is 9.92. The fourth-order valence-corrected chi connectivity index (χ4v) is 4.78. The number of rotatable bonds is 4. The van der Waals surface area contributed by atoms with Crippen LogP contribution in [0.2, 0.25) is 5.02 Å². The van der Waals surface area contributed by atoms with Crippen LogP contribution in [-0.2, 0) is 11.2 Å². The van der Waals surface area contributed by atoms with Crippen molar-refractivity contribution < 1.29 is 18.7 Å². The summed E-state index contributed by atoms with van der Waals surface area (Å²) in [5.41, 5.74) is 4.50. The summed E-state index contributed by atoms with van der Waals surface area (Å²) < 4.78 is 18.8. The average molecular weight is 492 g/mol. The molecule has 0 unspecified atom stereocenters. The summed E-state index contributed by atoms with van der Waals surface area (Å²) in [5.74, 6) is -0.799. The van der Waals surface area contributed by atoms with E-state index in [1.807, 2.05) is 18.2 Å². The van der Waals surface area contributed by atoms with Gasteiger partial charge in [-0.3, -0.25) is 0 Å². The second-order valence-electron chi connectivity index (χ2n) is 8.34. The predicted octanol–water partition coefficient (Wildman–Crippen LogP) is 6.32. The average Bonchev–Trinajstić information content (AvgIpc) is 3.22. The van der Waals surface area contributed by atoms with Crippen molar-refractivity contribution in [3.63, 3.8) is 0 Å². The highest BCUT2D eigenvalue weighted by Crippen LogP contribution is 2.39. The molecule has 0 spiro atoms. The number of hydrogen-bond acceptors (Lipinski definition) is 3. The molecule has 8 heteroatoms. The Balaban J connectivity index is 1.51. The molecule has 6 nitrogen and oxygen atoms in total. The van der Waals surface area contributed by atoms with Crippen molar-refractivity contribution in [2.75, 3.05) is 18.5 Å². The quantitative estimate of drug-likeness (QED) is 0.328. The molecule has 35 heavy (non-hydrogen) atoms. The third kappa shape index (κ3) is 4.47. The Hall–Kier alpha value is -3.84. The fourth-order valence-electron chi connectivity index (χ4n) is 4.60. The van der Waals surface area contributed by atoms with E-state index in [2.05, 4.69) is 10.3 Å². The van der Waals surface area contributed by atoms with Gasteiger partial charge in [0.1, 0.15) is 5.82 Å². The lowest BCUT2D eigenvalue weighted by Gasteiger charge is -2.36. The smallest absolute Gasteiger partial charge is 0.338 e. The Morgan fingerprint density at radius 3 is 2.71 bits per heavy atom. The maximum atomic E-state index is 13.7. The van der Waals surface area contributed by atoms with Gasteiger partial charge in [0.25, 0.3) is 0 Å². The number of benzene rings is 3. The number of carbonyl (C=O) groups is 2. The molecule has 2 amide bonds. The molecule has 0 radical (unpaired) electrons. The van der Waals surface area contributed by atoms with E-state index in [1.54, 1.807) is 48.2 Å². The van der Waals surface area contributed by atoms with Crippen molar-refractivity contribution in [3.8, 4) is 0 Å². The minimum Gasteiger partial charge on any atom is -0.462 e. The molecule has 5 rings (SSSR count). The van der Waals surface area contributed by atoms with Crippen LogP contribution in [0, 0.1) is 5.82 Å². The van der Waals surface area contributed by atoms with Gasteiger partial charge in [-0.15, -0.1) is 0 Å². The first-order valence-corrected chi connectivity index (χ1v) is 11.7. The zero-order valence-corrected chi connectivity index (χ0v) is 19.7. The van der Waals surface area contributed by atoms with Crippen molar-refractivity contribution in [1.29, 1.82) is 0 Å². The molecular formula is C27H23ClFN3O3. The fraction of sp³-hybridized carbons (Fsp3) is 0.185. The number of carbonyl (C=O) groups excluding carboxylic acids is 2. The van der Waals surface area contributed by atoms with E-state index in [0.29, 0.717) is 29.2 Å². The molecule has 3 aromatic carbocycles. The number of halogens is 2. The van der Waals surface area contributed by atoms with Crippen LogP contribution in [0.15, 0.2) is 66.7 Å². The number of esters is 1. The van der Waals surface area contributed by atoms with E-state index in [9.17, 15) is 14.0 Å². The molecule has 1 atom stereocenters. The van der Waals surface area contributed by atoms with Gasteiger partial charge < -0.3 is 19.9 Å². The van der Waals surface area contributed by atoms with Gasteiger partial charge >= 0.3 is 12.0 Å². The number of nitrogens with zero attached hydrogens (tertiary/aromatic N) is 1. The second kappa shape index (κ2) is 9.43. The molecule has 0 fully saturated rings. The maximum absolute atomic E-state index is 13.7. The number of aromatic nitrogens is 1. The number of fused-ring (bicyclic) bond motifs is 3. The van der Waals surface area contributed by atoms with Crippen LogP contribution < -0.4 is 5.32 Å². The largest absolute Gasteiger partial charge is 0.462 e. The number of H-pyrrole nitrogens is 1. The lowest BCUT2D eigenvalue weighted by Crippen LogP contribution is -2.43. The van der Waals surface area contributed by atoms with Crippen LogP contribution in [0.5, 0.6) is 0 Å². The monoisotopic (exact) mass is 491 g/mol. The normalized spacial score (nSPS) is 15.1. The maximum Gasteiger partial charge on any atom is 0.338 e. The molecule has 2 heterocycles. The minimum atomic E-state index is -0.459. The summed E-state index contributed by atoms with van der Waals surface area (Å²) in [6.45, 7) is 2.44. The zero-order chi connectivity index (χ0) is 24.5. The van der Waals surface area contributed by atoms with Crippen LogP contribution in [0.25, 0.3) is 10.9 Å². The number of nitrogens with one attached hydrogen (secondary N) is 2. The second-order valence-corrected chi connectivity index (χ2v) is 8.77. The Labute approximate surface area is 206 Å². The minimum absolute atomic E-state index is 0.264. The van der Waals surface area contributed by atoms with Gasteiger partial charge in [-0.05, 0) is 73.0 Å². The number of ether oxygens (including phenoxy) is 1. The van der Waals surface area contributed by atoms with Crippen molar-refractivity contribution >= 4 is 40.2 Å². The number of aromatic amines is 1. The molecule has 2 N–H and O–H groups in total. The van der Waals surface area contributed by atoms with Crippen LogP contribution in [0.1, 0.15) is 40.1 Å². The molecule has 178 valence electrons. The van der Waals surface area contributed by atoms with E-state index >= 15 is 0 Å². The summed E-state index contributed by atoms with van der Waals surface area (Å²) in [7, 11) is 0. The highest BCUT2D eigenvalue weighted by Gasteiger charge is 2.34. The number of urea groups is 1. The highest BCUT2D eigenvalue weighted by atomic mass is 35.5. The molecule has 0 bridgehead atoms. The van der Waals surface area contributed by atoms with Crippen LogP contribution in [0.4, 0.5) is 14.9 Å².